The maximum Gasteiger partial charge on any atom is 0.303 e. The Balaban J connectivity index is 1.51. The van der Waals surface area contributed by atoms with Crippen molar-refractivity contribution in [1.82, 2.24) is 10.6 Å². The van der Waals surface area contributed by atoms with E-state index in [0.717, 1.165) is 121 Å². The van der Waals surface area contributed by atoms with E-state index in [-0.39, 0.29) is 11.1 Å². The molecule has 0 saturated carbocycles. The summed E-state index contributed by atoms with van der Waals surface area (Å²) in [6.07, 6.45) is -36.5. The minimum absolute atomic E-state index is 0.270. The van der Waals surface area contributed by atoms with Crippen molar-refractivity contribution in [2.75, 3.05) is 26.4 Å². The molecule has 5 rings (SSSR count). The van der Waals surface area contributed by atoms with Gasteiger partial charge in [0.25, 0.3) is 11.8 Å². The molecule has 2 unspecified atom stereocenters. The van der Waals surface area contributed by atoms with E-state index >= 15 is 0 Å². The molecule has 2 amide bonds. The zero-order valence-corrected chi connectivity index (χ0v) is 55.4. The molecule has 2 N–H and O–H groups in total. The van der Waals surface area contributed by atoms with Crippen molar-refractivity contribution in [2.45, 2.75) is 220 Å². The fourth-order valence-corrected chi connectivity index (χ4v) is 10.5. The molecule has 98 heavy (non-hydrogen) atoms. The lowest BCUT2D eigenvalue weighted by atomic mass is 9.95. The number of amides is 2. The normalized spacial score (nSPS) is 29.4. The summed E-state index contributed by atoms with van der Waals surface area (Å²) in [7, 11) is 0. The van der Waals surface area contributed by atoms with E-state index in [2.05, 4.69) is 10.6 Å². The zero-order chi connectivity index (χ0) is 73.2. The molecule has 4 aliphatic rings. The van der Waals surface area contributed by atoms with Crippen LogP contribution in [-0.4, -0.2) is 245 Å². The third kappa shape index (κ3) is 23.4. The van der Waals surface area contributed by atoms with Crippen LogP contribution in [0, 0.1) is 0 Å². The van der Waals surface area contributed by atoms with Gasteiger partial charge in [0.2, 0.25) is 0 Å². The summed E-state index contributed by atoms with van der Waals surface area (Å²) in [5.41, 5.74) is -0.540. The van der Waals surface area contributed by atoms with Gasteiger partial charge in [-0.1, -0.05) is 0 Å². The highest BCUT2D eigenvalue weighted by atomic mass is 16.8. The van der Waals surface area contributed by atoms with Gasteiger partial charge in [0.05, 0.1) is 0 Å². The number of hydrogen-bond donors (Lipinski definition) is 2. The lowest BCUT2D eigenvalue weighted by Crippen LogP contribution is -2.69. The number of benzene rings is 1. The second kappa shape index (κ2) is 36.2. The van der Waals surface area contributed by atoms with Crippen LogP contribution in [0.3, 0.4) is 0 Å². The second-order valence-corrected chi connectivity index (χ2v) is 22.0. The van der Waals surface area contributed by atoms with Gasteiger partial charge < -0.3 is 105 Å². The first-order chi connectivity index (χ1) is 45.9. The van der Waals surface area contributed by atoms with Gasteiger partial charge in [-0.2, -0.15) is 0 Å². The first-order valence-corrected chi connectivity index (χ1v) is 29.8. The van der Waals surface area contributed by atoms with Gasteiger partial charge >= 0.3 is 83.6 Å². The smallest absolute Gasteiger partial charge is 0.303 e. The van der Waals surface area contributed by atoms with Crippen LogP contribution >= 0.6 is 0 Å². The fourth-order valence-electron chi connectivity index (χ4n) is 10.5. The van der Waals surface area contributed by atoms with E-state index in [1.54, 1.807) is 0 Å². The van der Waals surface area contributed by atoms with Crippen LogP contribution in [0.15, 0.2) is 24.3 Å². The molecule has 4 heterocycles. The average molecular weight is 1400 g/mol. The average Bonchev–Trinajstić information content (AvgIpc) is 0.773. The summed E-state index contributed by atoms with van der Waals surface area (Å²) >= 11 is 0. The standard InChI is InChI=1S/C60H76N2O36/c1-23(63)79-19-39-45(97-59-53(91-35(13)75)49(87-31(9)71)43(83-27(5)67)41(95-59)21-81-25(3)65)47(85-29(7)69)51(89-33(11)73)57(93-39)61-55(77)37-15-17-38(18-16-37)56(78)62-58-52(90-34(12)74)48(86-30(8)70)46(40(94-58)20-80-24(2)64)98-60-54(92-36(14)76)50(88-32(10)72)44(84-28(6)68)42(96-60)22-82-26(4)66/h15-18,39-54,57-60H,19-22H2,1-14H3,(H,61,77)(H,62,78)/t39-,40-,41-,42-,43+,44+,45-,46-,47+,48+,49+,50+,51-,52-,53-,54-,57?,58?,59+,60+/m1/s1. The Morgan fingerprint density at radius 1 is 0.265 bits per heavy atom. The monoisotopic (exact) mass is 1400 g/mol. The topological polar surface area (TPSA) is 482 Å². The van der Waals surface area contributed by atoms with Crippen molar-refractivity contribution in [3.63, 3.8) is 0 Å². The second-order valence-electron chi connectivity index (χ2n) is 22.0. The van der Waals surface area contributed by atoms with Gasteiger partial charge in [0.1, 0.15) is 63.1 Å². The summed E-state index contributed by atoms with van der Waals surface area (Å²) in [4.78, 5) is 205. The molecule has 1 aromatic carbocycles. The molecule has 38 nitrogen and oxygen atoms in total. The lowest BCUT2D eigenvalue weighted by Gasteiger charge is -2.48. The van der Waals surface area contributed by atoms with Crippen molar-refractivity contribution in [1.29, 1.82) is 0 Å². The maximum atomic E-state index is 14.3. The van der Waals surface area contributed by atoms with Gasteiger partial charge in [-0.3, -0.25) is 76.7 Å². The van der Waals surface area contributed by atoms with Gasteiger partial charge in [0.15, 0.2) is 86.1 Å². The molecular formula is C60H76N2O36. The number of rotatable bonds is 26. The van der Waals surface area contributed by atoms with Crippen molar-refractivity contribution < 1.29 is 171 Å². The quantitative estimate of drug-likeness (QED) is 0.0778. The minimum Gasteiger partial charge on any atom is -0.463 e. The van der Waals surface area contributed by atoms with Crippen LogP contribution in [-0.2, 0) is 162 Å². The first kappa shape index (κ1) is 79.2. The molecule has 0 bridgehead atoms. The Bertz CT molecular complexity index is 2930. The van der Waals surface area contributed by atoms with Crippen molar-refractivity contribution in [3.8, 4) is 0 Å². The molecule has 1 aromatic rings. The van der Waals surface area contributed by atoms with Crippen molar-refractivity contribution in [2.24, 2.45) is 0 Å². The lowest BCUT2D eigenvalue weighted by molar-refractivity contribution is -0.345. The Kier molecular flexibility index (Phi) is 29.2. The highest BCUT2D eigenvalue weighted by molar-refractivity contribution is 5.98. The highest BCUT2D eigenvalue weighted by Crippen LogP contribution is 2.38. The van der Waals surface area contributed by atoms with Crippen molar-refractivity contribution in [3.05, 3.63) is 35.4 Å². The SMILES string of the molecule is CC(=O)OC[C@H]1O[C@@H](O[C@H]2[C@H](OC(C)=O)[C@@H](OC(C)=O)C(NC(=O)c3ccc(C(=O)NC4O[C@H](COC(C)=O)[C@@H](O[C@@H]5O[C@H](COC(C)=O)[C@H](OC(C)=O)[C@H](OC(C)=O)[C@H]5OC(C)=O)[C@H](OC(C)=O)[C@H]4OC(C)=O)cc3)O[C@@H]2COC(C)=O)[C@H](OC(C)=O)[C@@H](OC(C)=O)[C@H]1OC(C)=O. The van der Waals surface area contributed by atoms with Gasteiger partial charge in [-0.05, 0) is 24.3 Å². The molecular weight excluding hydrogens is 1320 g/mol. The predicted octanol–water partition coefficient (Wildman–Crippen LogP) is -1.61. The third-order valence-corrected chi connectivity index (χ3v) is 13.8. The van der Waals surface area contributed by atoms with E-state index in [4.69, 9.17) is 94.7 Å². The van der Waals surface area contributed by atoms with Crippen LogP contribution in [0.25, 0.3) is 0 Å². The number of ether oxygens (including phenoxy) is 20. The zero-order valence-electron chi connectivity index (χ0n) is 55.4. The number of carbonyl (C=O) groups is 16. The van der Waals surface area contributed by atoms with E-state index < -0.39 is 245 Å². The predicted molar refractivity (Wildman–Crippen MR) is 308 cm³/mol. The molecule has 0 spiro atoms. The van der Waals surface area contributed by atoms with Crippen LogP contribution in [0.4, 0.5) is 0 Å². The summed E-state index contributed by atoms with van der Waals surface area (Å²) in [5, 5.41) is 4.97. The van der Waals surface area contributed by atoms with Crippen LogP contribution in [0.5, 0.6) is 0 Å². The summed E-state index contributed by atoms with van der Waals surface area (Å²) in [6.45, 7) is 10.5. The number of hydrogen-bond acceptors (Lipinski definition) is 36. The molecule has 38 heteroatoms. The summed E-state index contributed by atoms with van der Waals surface area (Å²) < 4.78 is 114. The van der Waals surface area contributed by atoms with E-state index in [1.165, 1.54) is 0 Å². The Morgan fingerprint density at radius 2 is 0.469 bits per heavy atom. The van der Waals surface area contributed by atoms with E-state index in [0.29, 0.717) is 0 Å². The molecule has 0 aromatic heterocycles. The molecule has 0 aliphatic carbocycles. The highest BCUT2D eigenvalue weighted by Gasteiger charge is 2.60. The Morgan fingerprint density at radius 3 is 0.704 bits per heavy atom. The van der Waals surface area contributed by atoms with E-state index in [1.807, 2.05) is 0 Å². The Labute approximate surface area is 557 Å². The van der Waals surface area contributed by atoms with Gasteiger partial charge in [-0.15, -0.1) is 0 Å². The third-order valence-electron chi connectivity index (χ3n) is 13.8. The molecule has 4 aliphatic heterocycles. The summed E-state index contributed by atoms with van der Waals surface area (Å²) in [6, 6.07) is 4.38. The molecule has 20 atom stereocenters. The fraction of sp³-hybridized carbons (Fsp3) is 0.633. The number of esters is 14. The van der Waals surface area contributed by atoms with Gasteiger partial charge in [-0.25, -0.2) is 0 Å². The van der Waals surface area contributed by atoms with Crippen LogP contribution < -0.4 is 10.6 Å². The van der Waals surface area contributed by atoms with E-state index in [9.17, 15) is 76.7 Å². The van der Waals surface area contributed by atoms with Crippen molar-refractivity contribution >= 4 is 95.4 Å². The maximum absolute atomic E-state index is 14.3. The number of carbonyl (C=O) groups excluding carboxylic acids is 16. The largest absolute Gasteiger partial charge is 0.463 e. The Hall–Kier alpha value is -9.50. The summed E-state index contributed by atoms with van der Waals surface area (Å²) in [5.74, 6) is -16.0. The van der Waals surface area contributed by atoms with Crippen LogP contribution in [0.1, 0.15) is 118 Å². The van der Waals surface area contributed by atoms with Crippen LogP contribution in [0.2, 0.25) is 0 Å². The number of nitrogens with one attached hydrogen (secondary N) is 2. The molecule has 4 saturated heterocycles. The van der Waals surface area contributed by atoms with Gasteiger partial charge in [0, 0.05) is 108 Å². The molecule has 0 radical (unpaired) electrons. The first-order valence-electron chi connectivity index (χ1n) is 29.8. The molecule has 4 fully saturated rings. The molecule has 542 valence electrons. The minimum atomic E-state index is -2.02.